The van der Waals surface area contributed by atoms with Gasteiger partial charge in [0.05, 0.1) is 11.1 Å². The lowest BCUT2D eigenvalue weighted by Gasteiger charge is -2.37. The highest BCUT2D eigenvalue weighted by molar-refractivity contribution is 9.10. The summed E-state index contributed by atoms with van der Waals surface area (Å²) in [6, 6.07) is 5.89. The first-order chi connectivity index (χ1) is 9.48. The molecule has 0 aromatic heterocycles. The van der Waals surface area contributed by atoms with Gasteiger partial charge in [0.25, 0.3) is 0 Å². The van der Waals surface area contributed by atoms with Gasteiger partial charge in [-0.15, -0.1) is 0 Å². The first kappa shape index (κ1) is 15.5. The summed E-state index contributed by atoms with van der Waals surface area (Å²) in [5.41, 5.74) is 7.49. The van der Waals surface area contributed by atoms with E-state index in [0.29, 0.717) is 12.5 Å². The third-order valence-corrected chi connectivity index (χ3v) is 5.60. The molecule has 20 heavy (non-hydrogen) atoms. The Morgan fingerprint density at radius 1 is 1.45 bits per heavy atom. The molecular weight excluding hydrogens is 316 g/mol. The van der Waals surface area contributed by atoms with Gasteiger partial charge in [-0.2, -0.15) is 0 Å². The highest BCUT2D eigenvalue weighted by Crippen LogP contribution is 2.39. The minimum Gasteiger partial charge on any atom is -0.329 e. The third-order valence-electron chi connectivity index (χ3n) is 4.54. The van der Waals surface area contributed by atoms with E-state index in [0.717, 1.165) is 41.4 Å². The van der Waals surface area contributed by atoms with E-state index in [1.54, 1.807) is 0 Å². The molecule has 1 saturated carbocycles. The largest absolute Gasteiger partial charge is 0.329 e. The fourth-order valence-electron chi connectivity index (χ4n) is 2.84. The van der Waals surface area contributed by atoms with Crippen molar-refractivity contribution in [1.29, 1.82) is 0 Å². The van der Waals surface area contributed by atoms with Crippen LogP contribution in [0.2, 0.25) is 0 Å². The summed E-state index contributed by atoms with van der Waals surface area (Å²) >= 11 is 3.54. The van der Waals surface area contributed by atoms with E-state index in [1.165, 1.54) is 0 Å². The number of aryl methyl sites for hydroxylation is 1. The number of nitrogens with two attached hydrogens (primary N) is 1. The lowest BCUT2D eigenvalue weighted by molar-refractivity contribution is -0.127. The lowest BCUT2D eigenvalue weighted by Crippen LogP contribution is -2.44. The molecular formula is C16H23BrN2O. The van der Waals surface area contributed by atoms with Crippen molar-refractivity contribution in [3.63, 3.8) is 0 Å². The van der Waals surface area contributed by atoms with Gasteiger partial charge in [0.1, 0.15) is 0 Å². The minimum atomic E-state index is -0.393. The highest BCUT2D eigenvalue weighted by atomic mass is 79.9. The van der Waals surface area contributed by atoms with Crippen molar-refractivity contribution in [2.24, 2.45) is 17.1 Å². The van der Waals surface area contributed by atoms with Crippen molar-refractivity contribution in [3.05, 3.63) is 28.2 Å². The van der Waals surface area contributed by atoms with Crippen LogP contribution >= 0.6 is 15.9 Å². The zero-order valence-electron chi connectivity index (χ0n) is 12.2. The highest BCUT2D eigenvalue weighted by Gasteiger charge is 2.39. The van der Waals surface area contributed by atoms with Crippen molar-refractivity contribution in [2.75, 3.05) is 11.9 Å². The van der Waals surface area contributed by atoms with Crippen LogP contribution in [0.1, 0.15) is 38.2 Å². The van der Waals surface area contributed by atoms with Gasteiger partial charge in [-0.1, -0.05) is 19.1 Å². The molecule has 2 rings (SSSR count). The zero-order chi connectivity index (χ0) is 14.8. The van der Waals surface area contributed by atoms with E-state index < -0.39 is 5.41 Å². The SMILES string of the molecule is Cc1cccc(NC(=O)C2(CN)CCC(C)CC2)c1Br. The molecule has 4 heteroatoms. The first-order valence-corrected chi connectivity index (χ1v) is 8.04. The number of rotatable bonds is 3. The molecule has 0 aliphatic heterocycles. The molecule has 0 atom stereocenters. The molecule has 1 aliphatic carbocycles. The van der Waals surface area contributed by atoms with Gasteiger partial charge in [-0.05, 0) is 66.1 Å². The second kappa shape index (κ2) is 6.27. The van der Waals surface area contributed by atoms with Crippen molar-refractivity contribution < 1.29 is 4.79 Å². The summed E-state index contributed by atoms with van der Waals surface area (Å²) in [5.74, 6) is 0.770. The van der Waals surface area contributed by atoms with Gasteiger partial charge in [0.2, 0.25) is 5.91 Å². The maximum Gasteiger partial charge on any atom is 0.231 e. The normalized spacial score (nSPS) is 26.3. The van der Waals surface area contributed by atoms with Gasteiger partial charge in [-0.3, -0.25) is 4.79 Å². The summed E-state index contributed by atoms with van der Waals surface area (Å²) in [5, 5.41) is 3.06. The Hall–Kier alpha value is -0.870. The Labute approximate surface area is 129 Å². The average molecular weight is 339 g/mol. The maximum atomic E-state index is 12.7. The molecule has 0 saturated heterocycles. The fraction of sp³-hybridized carbons (Fsp3) is 0.562. The Morgan fingerprint density at radius 2 is 2.10 bits per heavy atom. The van der Waals surface area contributed by atoms with Crippen LogP contribution in [0.25, 0.3) is 0 Å². The average Bonchev–Trinajstić information content (AvgIpc) is 2.45. The number of hydrogen-bond acceptors (Lipinski definition) is 2. The van der Waals surface area contributed by atoms with E-state index in [-0.39, 0.29) is 5.91 Å². The monoisotopic (exact) mass is 338 g/mol. The van der Waals surface area contributed by atoms with Crippen LogP contribution in [0.4, 0.5) is 5.69 Å². The van der Waals surface area contributed by atoms with E-state index in [2.05, 4.69) is 28.2 Å². The topological polar surface area (TPSA) is 55.1 Å². The van der Waals surface area contributed by atoms with Gasteiger partial charge < -0.3 is 11.1 Å². The number of benzene rings is 1. The lowest BCUT2D eigenvalue weighted by atomic mass is 9.70. The van der Waals surface area contributed by atoms with Crippen LogP contribution in [-0.4, -0.2) is 12.5 Å². The molecule has 1 aromatic carbocycles. The molecule has 1 amide bonds. The smallest absolute Gasteiger partial charge is 0.231 e. The summed E-state index contributed by atoms with van der Waals surface area (Å²) in [7, 11) is 0. The maximum absolute atomic E-state index is 12.7. The van der Waals surface area contributed by atoms with Crippen LogP contribution in [0.15, 0.2) is 22.7 Å². The zero-order valence-corrected chi connectivity index (χ0v) is 13.8. The van der Waals surface area contributed by atoms with E-state index in [9.17, 15) is 4.79 Å². The molecule has 110 valence electrons. The quantitative estimate of drug-likeness (QED) is 0.879. The predicted octanol–water partition coefficient (Wildman–Crippen LogP) is 3.85. The van der Waals surface area contributed by atoms with Crippen LogP contribution in [0, 0.1) is 18.3 Å². The van der Waals surface area contributed by atoms with Crippen molar-refractivity contribution in [3.8, 4) is 0 Å². The van der Waals surface area contributed by atoms with Crippen LogP contribution in [0.3, 0.4) is 0 Å². The number of hydrogen-bond donors (Lipinski definition) is 2. The Kier molecular flexibility index (Phi) is 4.86. The van der Waals surface area contributed by atoms with Crippen molar-refractivity contribution in [1.82, 2.24) is 0 Å². The molecule has 0 spiro atoms. The molecule has 0 unspecified atom stereocenters. The summed E-state index contributed by atoms with van der Waals surface area (Å²) in [4.78, 5) is 12.7. The standard InChI is InChI=1S/C16H23BrN2O/c1-11-6-8-16(10-18,9-7-11)15(20)19-13-5-3-4-12(2)14(13)17/h3-5,11H,6-10,18H2,1-2H3,(H,19,20). The van der Waals surface area contributed by atoms with Gasteiger partial charge in [-0.25, -0.2) is 0 Å². The molecule has 0 radical (unpaired) electrons. The van der Waals surface area contributed by atoms with Gasteiger partial charge >= 0.3 is 0 Å². The van der Waals surface area contributed by atoms with Gasteiger partial charge in [0.15, 0.2) is 0 Å². The van der Waals surface area contributed by atoms with Crippen LogP contribution in [-0.2, 0) is 4.79 Å². The molecule has 0 heterocycles. The summed E-state index contributed by atoms with van der Waals surface area (Å²) < 4.78 is 0.949. The fourth-order valence-corrected chi connectivity index (χ4v) is 3.20. The van der Waals surface area contributed by atoms with E-state index in [4.69, 9.17) is 5.73 Å². The number of nitrogens with one attached hydrogen (secondary N) is 1. The number of halogens is 1. The second-order valence-corrected chi connectivity index (χ2v) is 6.85. The Balaban J connectivity index is 2.16. The molecule has 0 bridgehead atoms. The number of carbonyl (C=O) groups excluding carboxylic acids is 1. The number of carbonyl (C=O) groups is 1. The summed E-state index contributed by atoms with van der Waals surface area (Å²) in [6.45, 7) is 4.69. The first-order valence-electron chi connectivity index (χ1n) is 7.25. The molecule has 3 N–H and O–H groups in total. The van der Waals surface area contributed by atoms with Crippen LogP contribution in [0.5, 0.6) is 0 Å². The Bertz CT molecular complexity index is 493. The number of amides is 1. The third kappa shape index (κ3) is 3.07. The van der Waals surface area contributed by atoms with Crippen molar-refractivity contribution >= 4 is 27.5 Å². The summed E-state index contributed by atoms with van der Waals surface area (Å²) in [6.07, 6.45) is 3.94. The van der Waals surface area contributed by atoms with Gasteiger partial charge in [0, 0.05) is 11.0 Å². The Morgan fingerprint density at radius 3 is 2.70 bits per heavy atom. The van der Waals surface area contributed by atoms with Crippen LogP contribution < -0.4 is 11.1 Å². The molecule has 1 aliphatic rings. The molecule has 3 nitrogen and oxygen atoms in total. The predicted molar refractivity (Wildman–Crippen MR) is 86.6 cm³/mol. The van der Waals surface area contributed by atoms with E-state index >= 15 is 0 Å². The molecule has 1 aromatic rings. The second-order valence-electron chi connectivity index (χ2n) is 6.06. The van der Waals surface area contributed by atoms with E-state index in [1.807, 2.05) is 25.1 Å². The minimum absolute atomic E-state index is 0.0678. The molecule has 1 fully saturated rings. The van der Waals surface area contributed by atoms with Crippen molar-refractivity contribution in [2.45, 2.75) is 39.5 Å². The number of anilines is 1.